The molecule has 9 rings (SSSR count). The Morgan fingerprint density at radius 2 is 0.925 bits per heavy atom. The summed E-state index contributed by atoms with van der Waals surface area (Å²) in [4.78, 5) is 68.4. The van der Waals surface area contributed by atoms with Crippen LogP contribution in [-0.4, -0.2) is 175 Å². The second-order valence-corrected chi connectivity index (χ2v) is 21.0. The number of nitrogens with zero attached hydrogens (tertiary/aromatic N) is 12. The maximum absolute atomic E-state index is 13.7. The van der Waals surface area contributed by atoms with Gasteiger partial charge in [0.15, 0.2) is 60.4 Å². The van der Waals surface area contributed by atoms with Crippen molar-refractivity contribution in [2.75, 3.05) is 43.2 Å². The van der Waals surface area contributed by atoms with Crippen LogP contribution in [0.3, 0.4) is 0 Å². The first-order valence-electron chi connectivity index (χ1n) is 19.8. The molecule has 0 radical (unpaired) electrons. The van der Waals surface area contributed by atoms with Crippen molar-refractivity contribution >= 4 is 74.0 Å². The van der Waals surface area contributed by atoms with Crippen molar-refractivity contribution in [3.63, 3.8) is 0 Å². The molecule has 15 atom stereocenters. The molecule has 0 saturated carbocycles. The molecule has 3 aliphatic heterocycles. The molecule has 32 nitrogen and oxygen atoms in total. The number of aliphatic hydroxyl groups is 4. The summed E-state index contributed by atoms with van der Waals surface area (Å²) in [6.07, 6.45) is -12.8. The minimum Gasteiger partial charge on any atom is -0.387 e. The van der Waals surface area contributed by atoms with Crippen LogP contribution in [0.2, 0.25) is 0 Å². The Kier molecular flexibility index (Phi) is 12.6. The zero-order valence-corrected chi connectivity index (χ0v) is 37.1. The van der Waals surface area contributed by atoms with Crippen LogP contribution in [0, 0.1) is 0 Å². The van der Waals surface area contributed by atoms with Crippen LogP contribution >= 0.6 is 23.0 Å². The molecule has 15 unspecified atom stereocenters. The molecular weight excluding hydrogens is 959 g/mol. The van der Waals surface area contributed by atoms with Gasteiger partial charge in [0, 0.05) is 12.8 Å². The standard InChI is InChI=1S/C32H42N15O17P3/c1-65(52,53)3-2-12-19(49)22(31(60-12)46-10-43-16-25(34)37-7-40-28(16)46)63-67(56,57)59-5-14-20(50)23(32(62-14)47-11-44-17-26(35)38-8-41-29(17)47)64-66(54,55)58-4-13-18(48)21(51)30(61-13)45-9-42-15-24(33)36-6-39-27(15)45/h6-14,18-23,30-32,48-51H,2-5H2,1H3,(H,52,53)(H,54,55)(H,56,57)(H2,33,36,39)(H2,34,37,40)(H2,35,38,41). The Balaban J connectivity index is 0.918. The van der Waals surface area contributed by atoms with E-state index in [1.54, 1.807) is 0 Å². The Morgan fingerprint density at radius 3 is 1.36 bits per heavy atom. The fourth-order valence-corrected chi connectivity index (χ4v) is 10.4. The highest BCUT2D eigenvalue weighted by atomic mass is 31.2. The highest BCUT2D eigenvalue weighted by molar-refractivity contribution is 7.57. The highest BCUT2D eigenvalue weighted by Gasteiger charge is 2.53. The number of nitrogen functional groups attached to an aromatic ring is 3. The van der Waals surface area contributed by atoms with E-state index < -0.39 is 110 Å². The predicted molar refractivity (Wildman–Crippen MR) is 221 cm³/mol. The number of hydrogen-bond donors (Lipinski definition) is 10. The van der Waals surface area contributed by atoms with Crippen molar-refractivity contribution in [2.45, 2.75) is 80.0 Å². The maximum Gasteiger partial charge on any atom is 0.472 e. The lowest BCUT2D eigenvalue weighted by Gasteiger charge is -2.25. The monoisotopic (exact) mass is 1000 g/mol. The fraction of sp³-hybridized carbons (Fsp3) is 0.531. The van der Waals surface area contributed by atoms with Gasteiger partial charge in [-0.25, -0.2) is 54.0 Å². The SMILES string of the molecule is CP(=O)(O)CCC1OC(n2cnc3c(N)ncnc32)C(OP(=O)(O)OCC2OC(n3cnc4c(N)ncnc43)C(OP(=O)(O)OCC3OC(n4cnc5c(N)ncnc54)C(O)C3O)C2O)C1O. The van der Waals surface area contributed by atoms with E-state index in [1.165, 1.54) is 21.8 Å². The van der Waals surface area contributed by atoms with E-state index in [0.717, 1.165) is 36.5 Å². The number of aliphatic hydroxyl groups excluding tert-OH is 4. The second-order valence-electron chi connectivity index (χ2n) is 15.6. The fourth-order valence-electron chi connectivity index (χ4n) is 7.82. The summed E-state index contributed by atoms with van der Waals surface area (Å²) >= 11 is 0. The molecule has 6 aromatic heterocycles. The van der Waals surface area contributed by atoms with Gasteiger partial charge in [-0.1, -0.05) is 0 Å². The molecule has 3 fully saturated rings. The van der Waals surface area contributed by atoms with Gasteiger partial charge in [0.1, 0.15) is 84.4 Å². The van der Waals surface area contributed by atoms with Gasteiger partial charge < -0.3 is 66.5 Å². The Morgan fingerprint density at radius 1 is 0.552 bits per heavy atom. The third kappa shape index (κ3) is 9.25. The molecule has 0 aliphatic carbocycles. The van der Waals surface area contributed by atoms with Crippen LogP contribution in [0.1, 0.15) is 25.1 Å². The van der Waals surface area contributed by atoms with E-state index in [4.69, 9.17) is 49.5 Å². The maximum atomic E-state index is 13.7. The van der Waals surface area contributed by atoms with Crippen LogP contribution in [0.5, 0.6) is 0 Å². The topological polar surface area (TPSA) is 466 Å². The summed E-state index contributed by atoms with van der Waals surface area (Å²) in [6, 6.07) is 0. The Bertz CT molecular complexity index is 2940. The van der Waals surface area contributed by atoms with Gasteiger partial charge in [-0.2, -0.15) is 0 Å². The average molecular weight is 1000 g/mol. The number of fused-ring (bicyclic) bond motifs is 3. The largest absolute Gasteiger partial charge is 0.472 e. The van der Waals surface area contributed by atoms with Gasteiger partial charge in [-0.15, -0.1) is 0 Å². The zero-order valence-electron chi connectivity index (χ0n) is 34.4. The number of ether oxygens (including phenoxy) is 3. The number of phosphoric ester groups is 2. The van der Waals surface area contributed by atoms with Crippen molar-refractivity contribution < 1.29 is 81.1 Å². The molecule has 362 valence electrons. The molecular formula is C32H42N15O17P3. The van der Waals surface area contributed by atoms with Gasteiger partial charge in [0.05, 0.1) is 38.3 Å². The van der Waals surface area contributed by atoms with Crippen molar-refractivity contribution in [3.8, 4) is 0 Å². The van der Waals surface area contributed by atoms with E-state index in [2.05, 4.69) is 44.9 Å². The summed E-state index contributed by atoms with van der Waals surface area (Å²) in [6.45, 7) is -0.729. The smallest absolute Gasteiger partial charge is 0.387 e. The van der Waals surface area contributed by atoms with E-state index in [-0.39, 0.29) is 63.5 Å². The third-order valence-corrected chi connectivity index (χ3v) is 14.1. The Hall–Kier alpha value is -4.82. The van der Waals surface area contributed by atoms with Crippen molar-refractivity contribution in [1.82, 2.24) is 58.6 Å². The number of rotatable bonds is 16. The van der Waals surface area contributed by atoms with E-state index in [0.29, 0.717) is 0 Å². The first-order valence-corrected chi connectivity index (χ1v) is 25.1. The number of aromatic nitrogens is 12. The third-order valence-electron chi connectivity index (χ3n) is 11.1. The number of phosphoric acid groups is 2. The number of anilines is 3. The minimum atomic E-state index is -5.33. The zero-order chi connectivity index (χ0) is 47.7. The minimum absolute atomic E-state index is 0.00165. The molecule has 0 bridgehead atoms. The lowest BCUT2D eigenvalue weighted by atomic mass is 10.1. The normalized spacial score (nSPS) is 31.7. The summed E-state index contributed by atoms with van der Waals surface area (Å²) in [5, 5.41) is 44.6. The van der Waals surface area contributed by atoms with Crippen molar-refractivity contribution in [1.29, 1.82) is 0 Å². The summed E-state index contributed by atoms with van der Waals surface area (Å²) < 4.78 is 82.4. The van der Waals surface area contributed by atoms with Gasteiger partial charge in [-0.05, 0) is 6.42 Å². The van der Waals surface area contributed by atoms with Crippen LogP contribution in [0.15, 0.2) is 38.0 Å². The molecule has 9 heterocycles. The first kappa shape index (κ1) is 47.3. The van der Waals surface area contributed by atoms with Gasteiger partial charge in [0.2, 0.25) is 0 Å². The molecule has 0 spiro atoms. The predicted octanol–water partition coefficient (Wildman–Crippen LogP) is -2.32. The van der Waals surface area contributed by atoms with Crippen LogP contribution in [0.4, 0.5) is 17.5 Å². The first-order chi connectivity index (χ1) is 31.7. The Labute approximate surface area is 374 Å². The molecule has 3 aliphatic rings. The molecule has 35 heteroatoms. The molecule has 13 N–H and O–H groups in total. The summed E-state index contributed by atoms with van der Waals surface area (Å²) in [5.41, 5.74) is 18.4. The molecule has 0 amide bonds. The van der Waals surface area contributed by atoms with E-state index in [1.807, 2.05) is 0 Å². The van der Waals surface area contributed by atoms with Gasteiger partial charge in [-0.3, -0.25) is 36.4 Å². The van der Waals surface area contributed by atoms with E-state index >= 15 is 0 Å². The lowest BCUT2D eigenvalue weighted by molar-refractivity contribution is -0.0638. The van der Waals surface area contributed by atoms with Crippen molar-refractivity contribution in [2.24, 2.45) is 0 Å². The molecule has 0 aromatic carbocycles. The quantitative estimate of drug-likeness (QED) is 0.0455. The van der Waals surface area contributed by atoms with Crippen LogP contribution in [-0.2, 0) is 46.0 Å². The number of nitrogens with two attached hydrogens (primary N) is 3. The number of imidazole rings is 3. The van der Waals surface area contributed by atoms with E-state index in [9.17, 15) is 48.8 Å². The lowest BCUT2D eigenvalue weighted by Crippen LogP contribution is -2.36. The molecule has 3 saturated heterocycles. The van der Waals surface area contributed by atoms with Gasteiger partial charge in [0.25, 0.3) is 0 Å². The summed E-state index contributed by atoms with van der Waals surface area (Å²) in [7, 11) is -14.3. The van der Waals surface area contributed by atoms with Crippen LogP contribution in [0.25, 0.3) is 33.5 Å². The van der Waals surface area contributed by atoms with Crippen molar-refractivity contribution in [3.05, 3.63) is 38.0 Å². The molecule has 67 heavy (non-hydrogen) atoms. The summed E-state index contributed by atoms with van der Waals surface area (Å²) in [5.74, 6) is -0.0470. The number of hydrogen-bond acceptors (Lipinski definition) is 26. The second kappa shape index (κ2) is 17.9. The molecule has 6 aromatic rings. The van der Waals surface area contributed by atoms with Gasteiger partial charge >= 0.3 is 15.6 Å². The van der Waals surface area contributed by atoms with Crippen LogP contribution < -0.4 is 17.2 Å². The highest BCUT2D eigenvalue weighted by Crippen LogP contribution is 2.53. The average Bonchev–Trinajstić information content (AvgIpc) is 4.13.